The lowest BCUT2D eigenvalue weighted by Crippen LogP contribution is -2.20. The van der Waals surface area contributed by atoms with E-state index in [9.17, 15) is 0 Å². The van der Waals surface area contributed by atoms with E-state index in [2.05, 4.69) is 13.8 Å². The lowest BCUT2D eigenvalue weighted by atomic mass is 9.98. The van der Waals surface area contributed by atoms with Crippen LogP contribution in [0.4, 0.5) is 0 Å². The summed E-state index contributed by atoms with van der Waals surface area (Å²) in [6.07, 6.45) is 1.17. The summed E-state index contributed by atoms with van der Waals surface area (Å²) in [7, 11) is 1.73. The Kier molecular flexibility index (Phi) is 5.64. The number of hydrogen-bond donors (Lipinski definition) is 1. The highest BCUT2D eigenvalue weighted by molar-refractivity contribution is 4.60. The van der Waals surface area contributed by atoms with E-state index in [1.807, 2.05) is 0 Å². The highest BCUT2D eigenvalue weighted by Gasteiger charge is 2.07. The summed E-state index contributed by atoms with van der Waals surface area (Å²) in [5.74, 6) is 1.27. The van der Waals surface area contributed by atoms with Gasteiger partial charge in [-0.3, -0.25) is 0 Å². The van der Waals surface area contributed by atoms with Crippen LogP contribution in [-0.2, 0) is 4.74 Å². The summed E-state index contributed by atoms with van der Waals surface area (Å²) in [4.78, 5) is 0. The second kappa shape index (κ2) is 5.69. The monoisotopic (exact) mass is 145 g/mol. The van der Waals surface area contributed by atoms with Gasteiger partial charge in [0.1, 0.15) is 0 Å². The van der Waals surface area contributed by atoms with E-state index in [0.717, 1.165) is 19.1 Å². The van der Waals surface area contributed by atoms with Crippen LogP contribution in [0.5, 0.6) is 0 Å². The first kappa shape index (κ1) is 9.92. The normalized spacial score (nSPS) is 14.1. The third-order valence-corrected chi connectivity index (χ3v) is 1.54. The van der Waals surface area contributed by atoms with Crippen molar-refractivity contribution in [3.63, 3.8) is 0 Å². The molecule has 0 aromatic carbocycles. The highest BCUT2D eigenvalue weighted by atomic mass is 16.5. The zero-order valence-corrected chi connectivity index (χ0v) is 7.26. The molecule has 0 fully saturated rings. The first-order chi connectivity index (χ1) is 4.70. The van der Waals surface area contributed by atoms with Gasteiger partial charge in [-0.1, -0.05) is 13.8 Å². The van der Waals surface area contributed by atoms with E-state index in [4.69, 9.17) is 10.5 Å². The summed E-state index contributed by atoms with van der Waals surface area (Å²) in [6.45, 7) is 5.96. The van der Waals surface area contributed by atoms with Gasteiger partial charge in [-0.2, -0.15) is 0 Å². The summed E-state index contributed by atoms with van der Waals surface area (Å²) in [5.41, 5.74) is 5.53. The van der Waals surface area contributed by atoms with E-state index < -0.39 is 0 Å². The average molecular weight is 145 g/mol. The summed E-state index contributed by atoms with van der Waals surface area (Å²) in [5, 5.41) is 0. The molecule has 0 aromatic heterocycles. The Morgan fingerprint density at radius 2 is 2.00 bits per heavy atom. The van der Waals surface area contributed by atoms with E-state index in [1.54, 1.807) is 7.11 Å². The van der Waals surface area contributed by atoms with Gasteiger partial charge in [-0.05, 0) is 24.8 Å². The van der Waals surface area contributed by atoms with E-state index >= 15 is 0 Å². The fraction of sp³-hybridized carbons (Fsp3) is 1.00. The predicted molar refractivity (Wildman–Crippen MR) is 43.9 cm³/mol. The van der Waals surface area contributed by atoms with Crippen molar-refractivity contribution in [3.05, 3.63) is 0 Å². The van der Waals surface area contributed by atoms with Crippen molar-refractivity contribution in [2.75, 3.05) is 20.3 Å². The molecule has 1 atom stereocenters. The SMILES string of the molecule is COCC(CN)CC(C)C. The molecule has 0 bridgehead atoms. The van der Waals surface area contributed by atoms with Gasteiger partial charge < -0.3 is 10.5 Å². The topological polar surface area (TPSA) is 35.2 Å². The highest BCUT2D eigenvalue weighted by Crippen LogP contribution is 2.09. The largest absolute Gasteiger partial charge is 0.384 e. The first-order valence-corrected chi connectivity index (χ1v) is 3.89. The molecule has 0 radical (unpaired) electrons. The Hall–Kier alpha value is -0.0800. The van der Waals surface area contributed by atoms with Crippen molar-refractivity contribution < 1.29 is 4.74 Å². The van der Waals surface area contributed by atoms with Gasteiger partial charge in [0.05, 0.1) is 6.61 Å². The minimum absolute atomic E-state index is 0.546. The van der Waals surface area contributed by atoms with Crippen LogP contribution >= 0.6 is 0 Å². The lowest BCUT2D eigenvalue weighted by molar-refractivity contribution is 0.144. The zero-order chi connectivity index (χ0) is 7.98. The molecule has 1 unspecified atom stereocenters. The third-order valence-electron chi connectivity index (χ3n) is 1.54. The van der Waals surface area contributed by atoms with Crippen LogP contribution in [0.2, 0.25) is 0 Å². The molecule has 0 aromatic rings. The van der Waals surface area contributed by atoms with Gasteiger partial charge in [-0.15, -0.1) is 0 Å². The van der Waals surface area contributed by atoms with Gasteiger partial charge >= 0.3 is 0 Å². The van der Waals surface area contributed by atoms with Crippen molar-refractivity contribution in [1.82, 2.24) is 0 Å². The minimum atomic E-state index is 0.546. The molecule has 0 heterocycles. The molecule has 0 aliphatic rings. The molecule has 0 amide bonds. The maximum Gasteiger partial charge on any atom is 0.0502 e. The number of nitrogens with two attached hydrogens (primary N) is 1. The lowest BCUT2D eigenvalue weighted by Gasteiger charge is -2.15. The smallest absolute Gasteiger partial charge is 0.0502 e. The summed E-state index contributed by atoms with van der Waals surface area (Å²) >= 11 is 0. The number of rotatable bonds is 5. The Morgan fingerprint density at radius 1 is 1.40 bits per heavy atom. The zero-order valence-electron chi connectivity index (χ0n) is 7.26. The molecule has 2 N–H and O–H groups in total. The van der Waals surface area contributed by atoms with Crippen LogP contribution in [0.1, 0.15) is 20.3 Å². The van der Waals surface area contributed by atoms with Crippen molar-refractivity contribution >= 4 is 0 Å². The van der Waals surface area contributed by atoms with Crippen molar-refractivity contribution in [2.45, 2.75) is 20.3 Å². The second-order valence-corrected chi connectivity index (χ2v) is 3.19. The van der Waals surface area contributed by atoms with E-state index in [0.29, 0.717) is 5.92 Å². The van der Waals surface area contributed by atoms with Gasteiger partial charge in [0, 0.05) is 7.11 Å². The summed E-state index contributed by atoms with van der Waals surface area (Å²) < 4.78 is 5.02. The summed E-state index contributed by atoms with van der Waals surface area (Å²) in [6, 6.07) is 0. The van der Waals surface area contributed by atoms with Crippen molar-refractivity contribution in [1.29, 1.82) is 0 Å². The molecular weight excluding hydrogens is 126 g/mol. The molecule has 0 spiro atoms. The Morgan fingerprint density at radius 3 is 2.30 bits per heavy atom. The van der Waals surface area contributed by atoms with E-state index in [1.165, 1.54) is 6.42 Å². The third kappa shape index (κ3) is 4.77. The number of methoxy groups -OCH3 is 1. The Balaban J connectivity index is 3.39. The molecular formula is C8H19NO. The van der Waals surface area contributed by atoms with Gasteiger partial charge in [0.15, 0.2) is 0 Å². The fourth-order valence-electron chi connectivity index (χ4n) is 1.13. The molecule has 2 nitrogen and oxygen atoms in total. The van der Waals surface area contributed by atoms with Crippen LogP contribution in [0, 0.1) is 11.8 Å². The molecule has 0 saturated heterocycles. The van der Waals surface area contributed by atoms with Crippen LogP contribution in [0.25, 0.3) is 0 Å². The van der Waals surface area contributed by atoms with Crippen LogP contribution < -0.4 is 5.73 Å². The van der Waals surface area contributed by atoms with Crippen molar-refractivity contribution in [3.8, 4) is 0 Å². The molecule has 0 aliphatic carbocycles. The number of hydrogen-bond acceptors (Lipinski definition) is 2. The van der Waals surface area contributed by atoms with Crippen LogP contribution in [-0.4, -0.2) is 20.3 Å². The predicted octanol–water partition coefficient (Wildman–Crippen LogP) is 1.25. The average Bonchev–Trinajstić information content (AvgIpc) is 1.86. The van der Waals surface area contributed by atoms with E-state index in [-0.39, 0.29) is 0 Å². The first-order valence-electron chi connectivity index (χ1n) is 3.89. The fourth-order valence-corrected chi connectivity index (χ4v) is 1.13. The maximum atomic E-state index is 5.53. The van der Waals surface area contributed by atoms with Crippen LogP contribution in [0.3, 0.4) is 0 Å². The standard InChI is InChI=1S/C8H19NO/c1-7(2)4-8(5-9)6-10-3/h7-8H,4-6,9H2,1-3H3. The Bertz CT molecular complexity index is 73.7. The molecule has 0 aliphatic heterocycles. The molecule has 62 valence electrons. The second-order valence-electron chi connectivity index (χ2n) is 3.19. The van der Waals surface area contributed by atoms with Gasteiger partial charge in [0.2, 0.25) is 0 Å². The Labute approximate surface area is 63.7 Å². The van der Waals surface area contributed by atoms with Gasteiger partial charge in [-0.25, -0.2) is 0 Å². The molecule has 0 rings (SSSR count). The van der Waals surface area contributed by atoms with Gasteiger partial charge in [0.25, 0.3) is 0 Å². The minimum Gasteiger partial charge on any atom is -0.384 e. The van der Waals surface area contributed by atoms with Crippen LogP contribution in [0.15, 0.2) is 0 Å². The molecule has 10 heavy (non-hydrogen) atoms. The molecule has 0 saturated carbocycles. The molecule has 2 heteroatoms. The quantitative estimate of drug-likeness (QED) is 0.632. The maximum absolute atomic E-state index is 5.53. The number of ether oxygens (including phenoxy) is 1. The van der Waals surface area contributed by atoms with Crippen molar-refractivity contribution in [2.24, 2.45) is 17.6 Å².